The minimum atomic E-state index is -0.429. The third kappa shape index (κ3) is 3.12. The molecule has 0 spiro atoms. The lowest BCUT2D eigenvalue weighted by Gasteiger charge is -2.44. The van der Waals surface area contributed by atoms with Gasteiger partial charge in [-0.1, -0.05) is 30.2 Å². The van der Waals surface area contributed by atoms with Gasteiger partial charge in [0.05, 0.1) is 11.5 Å². The lowest BCUT2D eigenvalue weighted by atomic mass is 9.63. The predicted octanol–water partition coefficient (Wildman–Crippen LogP) is 4.31. The Labute approximate surface area is 174 Å². The van der Waals surface area contributed by atoms with Gasteiger partial charge < -0.3 is 4.90 Å². The van der Waals surface area contributed by atoms with Crippen LogP contribution in [0, 0.1) is 0 Å². The smallest absolute Gasteiger partial charge is 0.233 e. The highest BCUT2D eigenvalue weighted by Gasteiger charge is 2.50. The third-order valence-corrected chi connectivity index (χ3v) is 6.54. The number of halogens is 1. The number of aromatic amines is 1. The number of amides is 1. The normalized spacial score (nSPS) is 20.4. The van der Waals surface area contributed by atoms with Crippen LogP contribution in [0.1, 0.15) is 49.5 Å². The average Bonchev–Trinajstić information content (AvgIpc) is 3.38. The Bertz CT molecular complexity index is 1010. The number of nitrogens with one attached hydrogen (secondary N) is 1. The SMILES string of the molecule is O=C(N1CCC[C@H]1c1nc(-c2ccncc2)n[nH]1)C1(c2ccc(Cl)cc2)CCC1. The van der Waals surface area contributed by atoms with Crippen molar-refractivity contribution in [3.63, 3.8) is 0 Å². The molecule has 0 radical (unpaired) electrons. The molecule has 6 nitrogen and oxygen atoms in total. The first-order valence-electron chi connectivity index (χ1n) is 10.1. The summed E-state index contributed by atoms with van der Waals surface area (Å²) in [4.78, 5) is 24.5. The Morgan fingerprint density at radius 3 is 2.55 bits per heavy atom. The second kappa shape index (κ2) is 7.26. The standard InChI is InChI=1S/C22H22ClN5O/c23-17-6-4-16(5-7-17)22(10-2-11-22)21(29)28-14-1-3-18(28)20-25-19(26-27-20)15-8-12-24-13-9-15/h4-9,12-13,18H,1-3,10-11,14H2,(H,25,26,27)/t18-/m0/s1. The van der Waals surface area contributed by atoms with Gasteiger partial charge >= 0.3 is 0 Å². The summed E-state index contributed by atoms with van der Waals surface area (Å²) >= 11 is 6.07. The molecule has 2 aliphatic rings. The summed E-state index contributed by atoms with van der Waals surface area (Å²) in [5.41, 5.74) is 1.55. The van der Waals surface area contributed by atoms with E-state index >= 15 is 0 Å². The van der Waals surface area contributed by atoms with Gasteiger partial charge in [0.2, 0.25) is 5.91 Å². The molecule has 1 amide bonds. The monoisotopic (exact) mass is 407 g/mol. The van der Waals surface area contributed by atoms with E-state index < -0.39 is 5.41 Å². The fourth-order valence-corrected chi connectivity index (χ4v) is 4.67. The van der Waals surface area contributed by atoms with Crippen LogP contribution in [0.25, 0.3) is 11.4 Å². The number of benzene rings is 1. The van der Waals surface area contributed by atoms with Gasteiger partial charge in [0, 0.05) is 29.5 Å². The molecule has 0 unspecified atom stereocenters. The van der Waals surface area contributed by atoms with Gasteiger partial charge in [0.15, 0.2) is 5.82 Å². The molecule has 1 aliphatic carbocycles. The molecule has 3 aromatic rings. The molecule has 1 saturated carbocycles. The number of hydrogen-bond donors (Lipinski definition) is 1. The third-order valence-electron chi connectivity index (χ3n) is 6.28. The van der Waals surface area contributed by atoms with E-state index in [9.17, 15) is 4.79 Å². The van der Waals surface area contributed by atoms with Crippen molar-refractivity contribution >= 4 is 17.5 Å². The second-order valence-corrected chi connectivity index (χ2v) is 8.32. The van der Waals surface area contributed by atoms with Crippen LogP contribution in [0.4, 0.5) is 0 Å². The van der Waals surface area contributed by atoms with Gasteiger partial charge in [-0.3, -0.25) is 14.9 Å². The van der Waals surface area contributed by atoms with Gasteiger partial charge in [0.1, 0.15) is 5.82 Å². The van der Waals surface area contributed by atoms with E-state index in [0.29, 0.717) is 10.8 Å². The summed E-state index contributed by atoms with van der Waals surface area (Å²) in [7, 11) is 0. The van der Waals surface area contributed by atoms with Gasteiger partial charge in [-0.05, 0) is 55.5 Å². The number of H-pyrrole nitrogens is 1. The van der Waals surface area contributed by atoms with Crippen LogP contribution in [-0.4, -0.2) is 37.5 Å². The second-order valence-electron chi connectivity index (χ2n) is 7.88. The molecule has 1 atom stereocenters. The summed E-state index contributed by atoms with van der Waals surface area (Å²) in [6, 6.07) is 11.5. The highest BCUT2D eigenvalue weighted by atomic mass is 35.5. The van der Waals surface area contributed by atoms with Crippen LogP contribution in [0.3, 0.4) is 0 Å². The molecule has 2 fully saturated rings. The molecule has 1 aromatic carbocycles. The molecule has 148 valence electrons. The van der Waals surface area contributed by atoms with E-state index in [0.717, 1.165) is 55.6 Å². The number of rotatable bonds is 4. The molecule has 3 heterocycles. The number of nitrogens with zero attached hydrogens (tertiary/aromatic N) is 4. The lowest BCUT2D eigenvalue weighted by Crippen LogP contribution is -2.50. The largest absolute Gasteiger partial charge is 0.332 e. The summed E-state index contributed by atoms with van der Waals surface area (Å²) in [5.74, 6) is 1.60. The highest BCUT2D eigenvalue weighted by molar-refractivity contribution is 6.30. The Kier molecular flexibility index (Phi) is 4.59. The van der Waals surface area contributed by atoms with Crippen molar-refractivity contribution in [1.29, 1.82) is 0 Å². The Hall–Kier alpha value is -2.73. The van der Waals surface area contributed by atoms with Gasteiger partial charge in [0.25, 0.3) is 0 Å². The average molecular weight is 408 g/mol. The van der Waals surface area contributed by atoms with Crippen molar-refractivity contribution in [3.8, 4) is 11.4 Å². The van der Waals surface area contributed by atoms with Crippen molar-refractivity contribution in [1.82, 2.24) is 25.1 Å². The molecule has 5 rings (SSSR count). The Morgan fingerprint density at radius 1 is 1.10 bits per heavy atom. The van der Waals surface area contributed by atoms with Crippen molar-refractivity contribution in [3.05, 3.63) is 65.2 Å². The highest BCUT2D eigenvalue weighted by Crippen LogP contribution is 2.47. The lowest BCUT2D eigenvalue weighted by molar-refractivity contribution is -0.142. The first-order chi connectivity index (χ1) is 14.2. The summed E-state index contributed by atoms with van der Waals surface area (Å²) in [6.07, 6.45) is 8.16. The fourth-order valence-electron chi connectivity index (χ4n) is 4.55. The van der Waals surface area contributed by atoms with Crippen LogP contribution in [-0.2, 0) is 10.2 Å². The number of likely N-dealkylation sites (tertiary alicyclic amines) is 1. The van der Waals surface area contributed by atoms with Crippen LogP contribution < -0.4 is 0 Å². The molecule has 7 heteroatoms. The quantitative estimate of drug-likeness (QED) is 0.699. The van der Waals surface area contributed by atoms with Gasteiger partial charge in [-0.2, -0.15) is 5.10 Å². The first kappa shape index (κ1) is 18.3. The van der Waals surface area contributed by atoms with Crippen molar-refractivity contribution in [2.24, 2.45) is 0 Å². The van der Waals surface area contributed by atoms with E-state index in [2.05, 4.69) is 15.2 Å². The summed E-state index contributed by atoms with van der Waals surface area (Å²) in [5, 5.41) is 8.14. The van der Waals surface area contributed by atoms with E-state index in [-0.39, 0.29) is 11.9 Å². The maximum absolute atomic E-state index is 13.7. The molecule has 2 aromatic heterocycles. The maximum atomic E-state index is 13.7. The summed E-state index contributed by atoms with van der Waals surface area (Å²) in [6.45, 7) is 0.754. The number of hydrogen-bond acceptors (Lipinski definition) is 4. The van der Waals surface area contributed by atoms with Gasteiger partial charge in [-0.15, -0.1) is 0 Å². The molecule has 1 aliphatic heterocycles. The van der Waals surface area contributed by atoms with E-state index in [1.807, 2.05) is 41.3 Å². The number of carbonyl (C=O) groups is 1. The minimum Gasteiger partial charge on any atom is -0.332 e. The Morgan fingerprint density at radius 2 is 1.86 bits per heavy atom. The minimum absolute atomic E-state index is 0.0598. The van der Waals surface area contributed by atoms with Gasteiger partial charge in [-0.25, -0.2) is 4.98 Å². The number of carbonyl (C=O) groups excluding carboxylic acids is 1. The molecular weight excluding hydrogens is 386 g/mol. The molecule has 29 heavy (non-hydrogen) atoms. The van der Waals surface area contributed by atoms with Crippen LogP contribution in [0.5, 0.6) is 0 Å². The van der Waals surface area contributed by atoms with Crippen LogP contribution in [0.15, 0.2) is 48.8 Å². The first-order valence-corrected chi connectivity index (χ1v) is 10.4. The van der Waals surface area contributed by atoms with Crippen molar-refractivity contribution in [2.75, 3.05) is 6.54 Å². The molecule has 1 saturated heterocycles. The van der Waals surface area contributed by atoms with Crippen molar-refractivity contribution < 1.29 is 4.79 Å². The number of aromatic nitrogens is 4. The number of pyridine rings is 1. The molecule has 0 bridgehead atoms. The maximum Gasteiger partial charge on any atom is 0.233 e. The topological polar surface area (TPSA) is 74.8 Å². The zero-order valence-electron chi connectivity index (χ0n) is 16.0. The van der Waals surface area contributed by atoms with E-state index in [1.165, 1.54) is 0 Å². The molecular formula is C22H22ClN5O. The van der Waals surface area contributed by atoms with Crippen molar-refractivity contribution in [2.45, 2.75) is 43.6 Å². The zero-order valence-corrected chi connectivity index (χ0v) is 16.8. The molecule has 1 N–H and O–H groups in total. The van der Waals surface area contributed by atoms with E-state index in [4.69, 9.17) is 16.6 Å². The predicted molar refractivity (Wildman–Crippen MR) is 110 cm³/mol. The van der Waals surface area contributed by atoms with Crippen LogP contribution in [0.2, 0.25) is 5.02 Å². The Balaban J connectivity index is 1.43. The zero-order chi connectivity index (χ0) is 19.8. The van der Waals surface area contributed by atoms with E-state index in [1.54, 1.807) is 12.4 Å². The fraction of sp³-hybridized carbons (Fsp3) is 0.364. The van der Waals surface area contributed by atoms with Crippen LogP contribution >= 0.6 is 11.6 Å². The summed E-state index contributed by atoms with van der Waals surface area (Å²) < 4.78 is 0.